The Balaban J connectivity index is 3.07. The van der Waals surface area contributed by atoms with Crippen molar-refractivity contribution in [2.75, 3.05) is 6.54 Å². The number of hydrogen-bond acceptors (Lipinski definition) is 6. The predicted molar refractivity (Wildman–Crippen MR) is 96.5 cm³/mol. The van der Waals surface area contributed by atoms with Crippen LogP contribution in [0.2, 0.25) is 0 Å². The zero-order valence-corrected chi connectivity index (χ0v) is 15.1. The Morgan fingerprint density at radius 2 is 1.77 bits per heavy atom. The first-order valence-corrected chi connectivity index (χ1v) is 8.62. The van der Waals surface area contributed by atoms with Crippen LogP contribution < -0.4 is 0 Å². The van der Waals surface area contributed by atoms with Crippen LogP contribution in [0.25, 0.3) is 5.57 Å². The highest BCUT2D eigenvalue weighted by molar-refractivity contribution is 6.17. The molecule has 0 bridgehead atoms. The number of nitrogens with zero attached hydrogens (tertiary/aromatic N) is 2. The minimum Gasteiger partial charge on any atom is -0.459 e. The molecule has 0 spiro atoms. The number of carbonyl (C=O) groups excluding carboxylic acids is 1. The molecule has 1 aromatic rings. The topological polar surface area (TPSA) is 113 Å². The molecule has 1 atom stereocenters. The number of carbonyl (C=O) groups is 1. The van der Waals surface area contributed by atoms with Gasteiger partial charge in [0.25, 0.3) is 6.54 Å². The van der Waals surface area contributed by atoms with Gasteiger partial charge in [-0.1, -0.05) is 56.5 Å². The second-order valence-electron chi connectivity index (χ2n) is 6.00. The highest BCUT2D eigenvalue weighted by atomic mass is 16.6. The summed E-state index contributed by atoms with van der Waals surface area (Å²) < 4.78 is 5.34. The van der Waals surface area contributed by atoms with Crippen molar-refractivity contribution >= 4 is 11.5 Å². The smallest absolute Gasteiger partial charge is 0.345 e. The summed E-state index contributed by atoms with van der Waals surface area (Å²) in [5.41, 5.74) is -0.915. The molecule has 0 radical (unpaired) electrons. The van der Waals surface area contributed by atoms with Crippen LogP contribution in [0.4, 0.5) is 0 Å². The van der Waals surface area contributed by atoms with Crippen molar-refractivity contribution < 1.29 is 19.4 Å². The minimum absolute atomic E-state index is 0.226. The number of rotatable bonds is 11. The van der Waals surface area contributed by atoms with Gasteiger partial charge >= 0.3 is 11.7 Å². The first-order chi connectivity index (χ1) is 12.4. The zero-order valence-electron chi connectivity index (χ0n) is 15.1. The van der Waals surface area contributed by atoms with Gasteiger partial charge in [0.05, 0.1) is 11.0 Å². The third-order valence-corrected chi connectivity index (χ3v) is 3.83. The standard InChI is InChI=1S/C18H24N2O6/c1-3-4-5-7-10-14(2)26-18(21)17(15-11-8-6-9-12-15)16(20(24)25)13-19(22)23/h6,8-9,11-12,14H,3-5,7,10,13H2,1-2H3/b17-16+. The summed E-state index contributed by atoms with van der Waals surface area (Å²) in [5, 5.41) is 22.1. The van der Waals surface area contributed by atoms with Crippen LogP contribution >= 0.6 is 0 Å². The van der Waals surface area contributed by atoms with Gasteiger partial charge in [-0.3, -0.25) is 20.2 Å². The van der Waals surface area contributed by atoms with E-state index < -0.39 is 34.2 Å². The Morgan fingerprint density at radius 1 is 1.12 bits per heavy atom. The van der Waals surface area contributed by atoms with E-state index in [0.717, 1.165) is 25.7 Å². The molecular weight excluding hydrogens is 340 g/mol. The molecular formula is C18H24N2O6. The van der Waals surface area contributed by atoms with Crippen LogP contribution in [0.5, 0.6) is 0 Å². The van der Waals surface area contributed by atoms with Crippen molar-refractivity contribution in [1.29, 1.82) is 0 Å². The van der Waals surface area contributed by atoms with Gasteiger partial charge < -0.3 is 4.74 Å². The molecule has 8 nitrogen and oxygen atoms in total. The SMILES string of the molecule is CCCCCCC(C)OC(=O)/C(=C(\C[N+](=O)[O-])[N+](=O)[O-])c1ccccc1. The Kier molecular flexibility index (Phi) is 8.97. The molecule has 1 rings (SSSR count). The molecule has 0 saturated heterocycles. The summed E-state index contributed by atoms with van der Waals surface area (Å²) in [5.74, 6) is -0.909. The average Bonchev–Trinajstić information content (AvgIpc) is 2.58. The van der Waals surface area contributed by atoms with Crippen molar-refractivity contribution in [2.24, 2.45) is 0 Å². The van der Waals surface area contributed by atoms with Crippen LogP contribution in [-0.2, 0) is 9.53 Å². The normalized spacial score (nSPS) is 12.8. The van der Waals surface area contributed by atoms with Gasteiger partial charge in [0.1, 0.15) is 5.57 Å². The molecule has 142 valence electrons. The molecule has 0 aliphatic heterocycles. The molecule has 0 amide bonds. The number of benzene rings is 1. The largest absolute Gasteiger partial charge is 0.459 e. The van der Waals surface area contributed by atoms with Crippen molar-refractivity contribution in [1.82, 2.24) is 0 Å². The van der Waals surface area contributed by atoms with Crippen LogP contribution in [0.1, 0.15) is 51.5 Å². The maximum Gasteiger partial charge on any atom is 0.345 e. The van der Waals surface area contributed by atoms with E-state index in [2.05, 4.69) is 6.92 Å². The quantitative estimate of drug-likeness (QED) is 0.194. The lowest BCUT2D eigenvalue weighted by Crippen LogP contribution is -2.22. The van der Waals surface area contributed by atoms with Crippen molar-refractivity contribution in [3.8, 4) is 0 Å². The van der Waals surface area contributed by atoms with Gasteiger partial charge in [0.15, 0.2) is 0 Å². The molecule has 0 aliphatic rings. The van der Waals surface area contributed by atoms with Crippen LogP contribution in [0.15, 0.2) is 36.0 Å². The third-order valence-electron chi connectivity index (χ3n) is 3.83. The van der Waals surface area contributed by atoms with Gasteiger partial charge in [-0.2, -0.15) is 0 Å². The third kappa shape index (κ3) is 7.00. The van der Waals surface area contributed by atoms with Crippen molar-refractivity contribution in [3.63, 3.8) is 0 Å². The number of ether oxygens (including phenoxy) is 1. The Labute approximate surface area is 152 Å². The second-order valence-corrected chi connectivity index (χ2v) is 6.00. The van der Waals surface area contributed by atoms with Gasteiger partial charge in [0.2, 0.25) is 0 Å². The van der Waals surface area contributed by atoms with Crippen LogP contribution in [0, 0.1) is 20.2 Å². The van der Waals surface area contributed by atoms with E-state index in [9.17, 15) is 25.0 Å². The summed E-state index contributed by atoms with van der Waals surface area (Å²) in [4.78, 5) is 33.0. The number of nitro groups is 2. The van der Waals surface area contributed by atoms with Crippen LogP contribution in [-0.4, -0.2) is 28.5 Å². The maximum atomic E-state index is 12.6. The molecule has 0 N–H and O–H groups in total. The fourth-order valence-electron chi connectivity index (χ4n) is 2.52. The zero-order chi connectivity index (χ0) is 19.5. The van der Waals surface area contributed by atoms with E-state index in [1.807, 2.05) is 0 Å². The molecule has 0 aromatic heterocycles. The first kappa shape index (κ1) is 21.3. The Morgan fingerprint density at radius 3 is 2.31 bits per heavy atom. The van der Waals surface area contributed by atoms with E-state index in [1.165, 1.54) is 12.1 Å². The average molecular weight is 364 g/mol. The van der Waals surface area contributed by atoms with Gasteiger partial charge in [-0.15, -0.1) is 0 Å². The summed E-state index contributed by atoms with van der Waals surface area (Å²) in [6.07, 6.45) is 4.27. The van der Waals surface area contributed by atoms with Gasteiger partial charge in [0, 0.05) is 4.92 Å². The molecule has 26 heavy (non-hydrogen) atoms. The van der Waals surface area contributed by atoms with E-state index in [-0.39, 0.29) is 11.1 Å². The highest BCUT2D eigenvalue weighted by Crippen LogP contribution is 2.23. The van der Waals surface area contributed by atoms with E-state index >= 15 is 0 Å². The molecule has 8 heteroatoms. The van der Waals surface area contributed by atoms with E-state index in [1.54, 1.807) is 25.1 Å². The fraction of sp³-hybridized carbons (Fsp3) is 0.500. The van der Waals surface area contributed by atoms with Gasteiger partial charge in [-0.25, -0.2) is 4.79 Å². The Hall–Kier alpha value is -2.77. The second kappa shape index (κ2) is 11.0. The van der Waals surface area contributed by atoms with E-state index in [0.29, 0.717) is 6.42 Å². The summed E-state index contributed by atoms with van der Waals surface area (Å²) in [6, 6.07) is 7.86. The Bertz CT molecular complexity index is 657. The lowest BCUT2D eigenvalue weighted by atomic mass is 10.0. The lowest BCUT2D eigenvalue weighted by molar-refractivity contribution is -0.518. The molecule has 0 heterocycles. The first-order valence-electron chi connectivity index (χ1n) is 8.62. The summed E-state index contributed by atoms with van der Waals surface area (Å²) >= 11 is 0. The van der Waals surface area contributed by atoms with Crippen molar-refractivity contribution in [2.45, 2.75) is 52.1 Å². The van der Waals surface area contributed by atoms with Crippen molar-refractivity contribution in [3.05, 3.63) is 61.8 Å². The predicted octanol–water partition coefficient (Wildman–Crippen LogP) is 3.85. The number of esters is 1. The fourth-order valence-corrected chi connectivity index (χ4v) is 2.52. The summed E-state index contributed by atoms with van der Waals surface area (Å²) in [7, 11) is 0. The van der Waals surface area contributed by atoms with Gasteiger partial charge in [-0.05, 0) is 25.3 Å². The maximum absolute atomic E-state index is 12.6. The lowest BCUT2D eigenvalue weighted by Gasteiger charge is -2.15. The number of unbranched alkanes of at least 4 members (excludes halogenated alkanes) is 3. The molecule has 0 saturated carbocycles. The molecule has 0 aliphatic carbocycles. The van der Waals surface area contributed by atoms with Crippen LogP contribution in [0.3, 0.4) is 0 Å². The minimum atomic E-state index is -1.06. The number of hydrogen-bond donors (Lipinski definition) is 0. The monoisotopic (exact) mass is 364 g/mol. The molecule has 1 unspecified atom stereocenters. The molecule has 0 fully saturated rings. The summed E-state index contributed by atoms with van der Waals surface area (Å²) in [6.45, 7) is 2.75. The van der Waals surface area contributed by atoms with E-state index in [4.69, 9.17) is 4.74 Å². The highest BCUT2D eigenvalue weighted by Gasteiger charge is 2.32. The molecule has 1 aromatic carbocycles.